The van der Waals surface area contributed by atoms with Crippen LogP contribution in [-0.2, 0) is 18.4 Å². The number of amides is 1. The monoisotopic (exact) mass is 371 g/mol. The average Bonchev–Trinajstić information content (AvgIpc) is 2.92. The highest BCUT2D eigenvalue weighted by molar-refractivity contribution is 5.77. The fourth-order valence-corrected chi connectivity index (χ4v) is 2.96. The van der Waals surface area contributed by atoms with Gasteiger partial charge in [-0.25, -0.2) is 9.18 Å². The summed E-state index contributed by atoms with van der Waals surface area (Å²) < 4.78 is 22.1. The van der Waals surface area contributed by atoms with Gasteiger partial charge in [0.05, 0.1) is 17.6 Å². The molecule has 27 heavy (non-hydrogen) atoms. The van der Waals surface area contributed by atoms with Crippen LogP contribution >= 0.6 is 0 Å². The topological polar surface area (TPSA) is 56.5 Å². The largest absolute Gasteiger partial charge is 0.489 e. The van der Waals surface area contributed by atoms with E-state index in [1.807, 2.05) is 24.3 Å². The highest BCUT2D eigenvalue weighted by atomic mass is 19.1. The third-order valence-corrected chi connectivity index (χ3v) is 4.55. The molecule has 0 spiro atoms. The van der Waals surface area contributed by atoms with Crippen LogP contribution < -0.4 is 10.4 Å². The number of aryl methyl sites for hydroxylation is 2. The van der Waals surface area contributed by atoms with E-state index in [0.717, 1.165) is 11.0 Å². The Bertz CT molecular complexity index is 1010. The zero-order valence-electron chi connectivity index (χ0n) is 15.4. The third-order valence-electron chi connectivity index (χ3n) is 4.55. The lowest BCUT2D eigenvalue weighted by atomic mass is 10.3. The van der Waals surface area contributed by atoms with Crippen molar-refractivity contribution < 1.29 is 13.9 Å². The molecular weight excluding hydrogens is 349 g/mol. The molecule has 0 aliphatic rings. The lowest BCUT2D eigenvalue weighted by molar-refractivity contribution is -0.130. The second kappa shape index (κ2) is 8.07. The van der Waals surface area contributed by atoms with Crippen molar-refractivity contribution in [1.29, 1.82) is 0 Å². The molecule has 0 aliphatic heterocycles. The number of aromatic nitrogens is 2. The van der Waals surface area contributed by atoms with Gasteiger partial charge in [0.2, 0.25) is 5.91 Å². The van der Waals surface area contributed by atoms with E-state index in [9.17, 15) is 14.0 Å². The number of hydrogen-bond acceptors (Lipinski definition) is 3. The first-order chi connectivity index (χ1) is 13.0. The molecule has 1 amide bonds. The van der Waals surface area contributed by atoms with Gasteiger partial charge in [0.15, 0.2) is 11.6 Å². The number of fused-ring (bicyclic) bond motifs is 1. The SMILES string of the molecule is CN(CCOc1ccccc1F)C(=O)CCn1c(=O)n(C)c2ccccc21. The molecule has 0 radical (unpaired) electrons. The zero-order chi connectivity index (χ0) is 19.4. The minimum atomic E-state index is -0.429. The smallest absolute Gasteiger partial charge is 0.328 e. The maximum atomic E-state index is 13.5. The molecule has 0 saturated heterocycles. The van der Waals surface area contributed by atoms with Crippen LogP contribution in [0, 0.1) is 5.82 Å². The molecular formula is C20H22FN3O3. The summed E-state index contributed by atoms with van der Waals surface area (Å²) in [6, 6.07) is 13.6. The number of likely N-dealkylation sites (N-methyl/N-ethyl adjacent to an activating group) is 1. The number of para-hydroxylation sites is 3. The predicted octanol–water partition coefficient (Wildman–Crippen LogP) is 2.41. The summed E-state index contributed by atoms with van der Waals surface area (Å²) in [6.07, 6.45) is 0.199. The Kier molecular flexibility index (Phi) is 5.59. The van der Waals surface area contributed by atoms with Crippen LogP contribution in [-0.4, -0.2) is 40.1 Å². The lowest BCUT2D eigenvalue weighted by Gasteiger charge is -2.17. The summed E-state index contributed by atoms with van der Waals surface area (Å²) in [5.41, 5.74) is 1.50. The molecule has 3 aromatic rings. The first-order valence-corrected chi connectivity index (χ1v) is 8.74. The van der Waals surface area contributed by atoms with Crippen LogP contribution in [0.15, 0.2) is 53.3 Å². The van der Waals surface area contributed by atoms with Crippen LogP contribution in [0.4, 0.5) is 4.39 Å². The minimum absolute atomic E-state index is 0.105. The lowest BCUT2D eigenvalue weighted by Crippen LogP contribution is -2.32. The van der Waals surface area contributed by atoms with Crippen molar-refractivity contribution >= 4 is 16.9 Å². The van der Waals surface area contributed by atoms with E-state index in [-0.39, 0.29) is 30.4 Å². The number of carbonyl (C=O) groups is 1. The number of ether oxygens (including phenoxy) is 1. The van der Waals surface area contributed by atoms with Crippen LogP contribution in [0.3, 0.4) is 0 Å². The molecule has 0 N–H and O–H groups in total. The Labute approximate surface area is 156 Å². The van der Waals surface area contributed by atoms with Crippen LogP contribution in [0.25, 0.3) is 11.0 Å². The van der Waals surface area contributed by atoms with Gasteiger partial charge >= 0.3 is 5.69 Å². The summed E-state index contributed by atoms with van der Waals surface area (Å²) in [5, 5.41) is 0. The molecule has 0 atom stereocenters. The quantitative estimate of drug-likeness (QED) is 0.641. The van der Waals surface area contributed by atoms with Crippen molar-refractivity contribution in [3.63, 3.8) is 0 Å². The van der Waals surface area contributed by atoms with Gasteiger partial charge in [0.1, 0.15) is 6.61 Å². The predicted molar refractivity (Wildman–Crippen MR) is 101 cm³/mol. The fourth-order valence-electron chi connectivity index (χ4n) is 2.96. The van der Waals surface area contributed by atoms with Gasteiger partial charge in [-0.3, -0.25) is 13.9 Å². The van der Waals surface area contributed by atoms with E-state index in [4.69, 9.17) is 4.74 Å². The molecule has 7 heteroatoms. The van der Waals surface area contributed by atoms with Crippen LogP contribution in [0.1, 0.15) is 6.42 Å². The Hall–Kier alpha value is -3.09. The Balaban J connectivity index is 1.56. The first kappa shape index (κ1) is 18.7. The van der Waals surface area contributed by atoms with Crippen molar-refractivity contribution in [3.05, 3.63) is 64.8 Å². The Morgan fingerprint density at radius 1 is 1.11 bits per heavy atom. The molecule has 0 bridgehead atoms. The molecule has 0 saturated carbocycles. The van der Waals surface area contributed by atoms with E-state index in [0.29, 0.717) is 13.1 Å². The maximum Gasteiger partial charge on any atom is 0.328 e. The Morgan fingerprint density at radius 3 is 2.52 bits per heavy atom. The zero-order valence-corrected chi connectivity index (χ0v) is 15.4. The summed E-state index contributed by atoms with van der Waals surface area (Å²) in [5.74, 6) is -0.366. The number of halogens is 1. The van der Waals surface area contributed by atoms with Gasteiger partial charge in [-0.2, -0.15) is 0 Å². The number of carbonyl (C=O) groups excluding carboxylic acids is 1. The van der Waals surface area contributed by atoms with Gasteiger partial charge in [-0.05, 0) is 24.3 Å². The van der Waals surface area contributed by atoms with Crippen molar-refractivity contribution in [1.82, 2.24) is 14.0 Å². The van der Waals surface area contributed by atoms with Crippen molar-refractivity contribution in [3.8, 4) is 5.75 Å². The average molecular weight is 371 g/mol. The highest BCUT2D eigenvalue weighted by Gasteiger charge is 2.14. The molecule has 0 aliphatic carbocycles. The van der Waals surface area contributed by atoms with E-state index in [2.05, 4.69) is 0 Å². The summed E-state index contributed by atoms with van der Waals surface area (Å²) >= 11 is 0. The molecule has 1 aromatic heterocycles. The molecule has 0 unspecified atom stereocenters. The van der Waals surface area contributed by atoms with Gasteiger partial charge in [0.25, 0.3) is 0 Å². The number of nitrogens with zero attached hydrogens (tertiary/aromatic N) is 3. The van der Waals surface area contributed by atoms with Crippen LogP contribution in [0.5, 0.6) is 5.75 Å². The van der Waals surface area contributed by atoms with Crippen molar-refractivity contribution in [2.75, 3.05) is 20.2 Å². The van der Waals surface area contributed by atoms with E-state index in [1.54, 1.807) is 41.4 Å². The molecule has 1 heterocycles. The van der Waals surface area contributed by atoms with Gasteiger partial charge in [0, 0.05) is 27.1 Å². The van der Waals surface area contributed by atoms with Crippen molar-refractivity contribution in [2.45, 2.75) is 13.0 Å². The molecule has 2 aromatic carbocycles. The van der Waals surface area contributed by atoms with Gasteiger partial charge in [-0.15, -0.1) is 0 Å². The second-order valence-electron chi connectivity index (χ2n) is 6.33. The van der Waals surface area contributed by atoms with Gasteiger partial charge in [-0.1, -0.05) is 24.3 Å². The fraction of sp³-hybridized carbons (Fsp3) is 0.300. The maximum absolute atomic E-state index is 13.5. The third kappa shape index (κ3) is 4.02. The number of rotatable bonds is 7. The van der Waals surface area contributed by atoms with Crippen LogP contribution in [0.2, 0.25) is 0 Å². The second-order valence-corrected chi connectivity index (χ2v) is 6.33. The first-order valence-electron chi connectivity index (χ1n) is 8.74. The van der Waals surface area contributed by atoms with Gasteiger partial charge < -0.3 is 9.64 Å². The summed E-state index contributed by atoms with van der Waals surface area (Å²) in [7, 11) is 3.38. The summed E-state index contributed by atoms with van der Waals surface area (Å²) in [6.45, 7) is 0.826. The molecule has 6 nitrogen and oxygen atoms in total. The number of imidazole rings is 1. The minimum Gasteiger partial charge on any atom is -0.489 e. The molecule has 142 valence electrons. The summed E-state index contributed by atoms with van der Waals surface area (Å²) in [4.78, 5) is 26.3. The molecule has 0 fully saturated rings. The molecule has 3 rings (SSSR count). The highest BCUT2D eigenvalue weighted by Crippen LogP contribution is 2.15. The normalized spacial score (nSPS) is 10.9. The Morgan fingerprint density at radius 2 is 1.78 bits per heavy atom. The van der Waals surface area contributed by atoms with E-state index >= 15 is 0 Å². The number of hydrogen-bond donors (Lipinski definition) is 0. The van der Waals surface area contributed by atoms with Crippen molar-refractivity contribution in [2.24, 2.45) is 7.05 Å². The van der Waals surface area contributed by atoms with E-state index < -0.39 is 5.82 Å². The number of benzene rings is 2. The standard InChI is InChI=1S/C20H22FN3O3/c1-22(13-14-27-18-10-6-3-7-15(18)21)19(25)11-12-24-17-9-5-4-8-16(17)23(2)20(24)26/h3-10H,11-14H2,1-2H3. The van der Waals surface area contributed by atoms with E-state index in [1.165, 1.54) is 11.0 Å².